The highest BCUT2D eigenvalue weighted by atomic mass is 19.1. The summed E-state index contributed by atoms with van der Waals surface area (Å²) in [5, 5.41) is 18.5. The van der Waals surface area contributed by atoms with E-state index >= 15 is 0 Å². The third-order valence-corrected chi connectivity index (χ3v) is 3.27. The van der Waals surface area contributed by atoms with Crippen molar-refractivity contribution in [3.8, 4) is 11.5 Å². The molecule has 0 aliphatic rings. The standard InChI is InChI=1S/C14H12F4N2O2/c15-5-1-3-7(21)11(17)9(5)13(19)14(20)10-6(16)2-4-8(22)12(10)18/h1-4,13-14,21-22H,19-20H2. The van der Waals surface area contributed by atoms with Crippen molar-refractivity contribution in [1.82, 2.24) is 0 Å². The second-order valence-corrected chi connectivity index (χ2v) is 4.64. The Hall–Kier alpha value is -2.32. The lowest BCUT2D eigenvalue weighted by atomic mass is 9.93. The average Bonchev–Trinajstić information content (AvgIpc) is 2.47. The lowest BCUT2D eigenvalue weighted by Crippen LogP contribution is -2.29. The van der Waals surface area contributed by atoms with Gasteiger partial charge in [0.2, 0.25) is 0 Å². The van der Waals surface area contributed by atoms with Gasteiger partial charge in [-0.3, -0.25) is 0 Å². The molecule has 0 aliphatic carbocycles. The molecule has 0 radical (unpaired) electrons. The summed E-state index contributed by atoms with van der Waals surface area (Å²) in [4.78, 5) is 0. The molecule has 2 atom stereocenters. The molecule has 2 aromatic rings. The Kier molecular flexibility index (Phi) is 4.25. The highest BCUT2D eigenvalue weighted by Gasteiger charge is 2.30. The van der Waals surface area contributed by atoms with Gasteiger partial charge in [0.25, 0.3) is 0 Å². The molecule has 0 aromatic heterocycles. The van der Waals surface area contributed by atoms with Crippen molar-refractivity contribution in [1.29, 1.82) is 0 Å². The Morgan fingerprint density at radius 1 is 0.682 bits per heavy atom. The first-order chi connectivity index (χ1) is 10.3. The van der Waals surface area contributed by atoms with Crippen LogP contribution >= 0.6 is 0 Å². The monoisotopic (exact) mass is 316 g/mol. The second-order valence-electron chi connectivity index (χ2n) is 4.64. The van der Waals surface area contributed by atoms with E-state index in [1.165, 1.54) is 0 Å². The smallest absolute Gasteiger partial charge is 0.172 e. The molecule has 118 valence electrons. The van der Waals surface area contributed by atoms with Gasteiger partial charge in [-0.05, 0) is 24.3 Å². The molecule has 0 saturated carbocycles. The number of phenolic OH excluding ortho intramolecular Hbond substituents is 2. The van der Waals surface area contributed by atoms with Gasteiger partial charge < -0.3 is 21.7 Å². The minimum Gasteiger partial charge on any atom is -0.505 e. The Labute approximate surface area is 122 Å². The predicted octanol–water partition coefficient (Wildman–Crippen LogP) is 2.35. The van der Waals surface area contributed by atoms with E-state index in [1.807, 2.05) is 0 Å². The SMILES string of the molecule is NC(c1c(F)ccc(O)c1F)C(N)c1c(F)ccc(O)c1F. The predicted molar refractivity (Wildman–Crippen MR) is 69.9 cm³/mol. The molecule has 22 heavy (non-hydrogen) atoms. The van der Waals surface area contributed by atoms with Crippen molar-refractivity contribution < 1.29 is 27.8 Å². The van der Waals surface area contributed by atoms with Gasteiger partial charge in [-0.2, -0.15) is 0 Å². The van der Waals surface area contributed by atoms with E-state index in [-0.39, 0.29) is 0 Å². The topological polar surface area (TPSA) is 92.5 Å². The number of aromatic hydroxyl groups is 2. The molecule has 0 bridgehead atoms. The average molecular weight is 316 g/mol. The summed E-state index contributed by atoms with van der Waals surface area (Å²) < 4.78 is 55.0. The fourth-order valence-electron chi connectivity index (χ4n) is 2.09. The van der Waals surface area contributed by atoms with Crippen LogP contribution in [0.1, 0.15) is 23.2 Å². The van der Waals surface area contributed by atoms with Crippen LogP contribution in [0.3, 0.4) is 0 Å². The van der Waals surface area contributed by atoms with Gasteiger partial charge in [0.05, 0.1) is 12.1 Å². The molecular formula is C14H12F4N2O2. The van der Waals surface area contributed by atoms with Gasteiger partial charge in [-0.15, -0.1) is 0 Å². The van der Waals surface area contributed by atoms with Crippen molar-refractivity contribution >= 4 is 0 Å². The van der Waals surface area contributed by atoms with Gasteiger partial charge in [0.15, 0.2) is 23.1 Å². The van der Waals surface area contributed by atoms with Crippen molar-refractivity contribution in [2.45, 2.75) is 12.1 Å². The summed E-state index contributed by atoms with van der Waals surface area (Å²) in [6, 6.07) is -0.370. The quantitative estimate of drug-likeness (QED) is 0.654. The second kappa shape index (κ2) is 5.82. The summed E-state index contributed by atoms with van der Waals surface area (Å²) in [7, 11) is 0. The summed E-state index contributed by atoms with van der Waals surface area (Å²) >= 11 is 0. The first-order valence-corrected chi connectivity index (χ1v) is 6.10. The number of phenols is 2. The molecule has 0 saturated heterocycles. The number of hydrogen-bond acceptors (Lipinski definition) is 4. The van der Waals surface area contributed by atoms with Crippen LogP contribution in [0.5, 0.6) is 11.5 Å². The van der Waals surface area contributed by atoms with E-state index in [2.05, 4.69) is 0 Å². The number of halogens is 4. The van der Waals surface area contributed by atoms with Gasteiger partial charge in [0.1, 0.15) is 11.6 Å². The maximum atomic E-state index is 13.8. The Morgan fingerprint density at radius 3 is 1.32 bits per heavy atom. The molecule has 0 aliphatic heterocycles. The zero-order valence-electron chi connectivity index (χ0n) is 11.0. The number of nitrogens with two attached hydrogens (primary N) is 2. The lowest BCUT2D eigenvalue weighted by Gasteiger charge is -2.23. The van der Waals surface area contributed by atoms with Crippen LogP contribution < -0.4 is 11.5 Å². The minimum absolute atomic E-state index is 0.746. The van der Waals surface area contributed by atoms with Crippen molar-refractivity contribution in [3.63, 3.8) is 0 Å². The Balaban J connectivity index is 2.54. The third-order valence-electron chi connectivity index (χ3n) is 3.27. The molecular weight excluding hydrogens is 304 g/mol. The maximum Gasteiger partial charge on any atom is 0.172 e. The van der Waals surface area contributed by atoms with Gasteiger partial charge in [0, 0.05) is 11.1 Å². The van der Waals surface area contributed by atoms with Gasteiger partial charge >= 0.3 is 0 Å². The Bertz CT molecular complexity index is 663. The first-order valence-electron chi connectivity index (χ1n) is 6.10. The molecule has 0 spiro atoms. The van der Waals surface area contributed by atoms with Crippen LogP contribution in [-0.2, 0) is 0 Å². The molecule has 2 unspecified atom stereocenters. The molecule has 4 nitrogen and oxygen atoms in total. The first kappa shape index (κ1) is 16.1. The summed E-state index contributed by atoms with van der Waals surface area (Å²) in [6.45, 7) is 0. The molecule has 8 heteroatoms. The summed E-state index contributed by atoms with van der Waals surface area (Å²) in [5.74, 6) is -6.75. The van der Waals surface area contributed by atoms with Gasteiger partial charge in [-0.25, -0.2) is 17.6 Å². The van der Waals surface area contributed by atoms with Crippen LogP contribution in [0, 0.1) is 23.3 Å². The zero-order valence-corrected chi connectivity index (χ0v) is 11.0. The highest BCUT2D eigenvalue weighted by molar-refractivity contribution is 5.38. The van der Waals surface area contributed by atoms with E-state index in [1.54, 1.807) is 0 Å². The van der Waals surface area contributed by atoms with Crippen LogP contribution in [0.4, 0.5) is 17.6 Å². The van der Waals surface area contributed by atoms with E-state index < -0.39 is 58.0 Å². The minimum atomic E-state index is -1.70. The van der Waals surface area contributed by atoms with Gasteiger partial charge in [-0.1, -0.05) is 0 Å². The fraction of sp³-hybridized carbons (Fsp3) is 0.143. The van der Waals surface area contributed by atoms with Crippen LogP contribution in [-0.4, -0.2) is 10.2 Å². The molecule has 0 fully saturated rings. The molecule has 2 aromatic carbocycles. The fourth-order valence-corrected chi connectivity index (χ4v) is 2.09. The van der Waals surface area contributed by atoms with E-state index in [0.29, 0.717) is 0 Å². The number of benzene rings is 2. The van der Waals surface area contributed by atoms with Crippen LogP contribution in [0.15, 0.2) is 24.3 Å². The normalized spacial score (nSPS) is 13.9. The van der Waals surface area contributed by atoms with E-state index in [0.717, 1.165) is 24.3 Å². The largest absolute Gasteiger partial charge is 0.505 e. The Morgan fingerprint density at radius 2 is 1.00 bits per heavy atom. The molecule has 2 rings (SSSR count). The maximum absolute atomic E-state index is 13.8. The lowest BCUT2D eigenvalue weighted by molar-refractivity contribution is 0.394. The molecule has 6 N–H and O–H groups in total. The third kappa shape index (κ3) is 2.58. The van der Waals surface area contributed by atoms with Crippen molar-refractivity contribution in [3.05, 3.63) is 58.7 Å². The molecule has 0 amide bonds. The number of rotatable bonds is 3. The summed E-state index contributed by atoms with van der Waals surface area (Å²) in [6.07, 6.45) is 0. The summed E-state index contributed by atoms with van der Waals surface area (Å²) in [5.41, 5.74) is 9.57. The van der Waals surface area contributed by atoms with Crippen LogP contribution in [0.25, 0.3) is 0 Å². The zero-order chi connectivity index (χ0) is 16.6. The van der Waals surface area contributed by atoms with E-state index in [4.69, 9.17) is 11.5 Å². The van der Waals surface area contributed by atoms with Crippen LogP contribution in [0.2, 0.25) is 0 Å². The van der Waals surface area contributed by atoms with Crippen molar-refractivity contribution in [2.24, 2.45) is 11.5 Å². The van der Waals surface area contributed by atoms with E-state index in [9.17, 15) is 27.8 Å². The molecule has 0 heterocycles. The van der Waals surface area contributed by atoms with Crippen molar-refractivity contribution in [2.75, 3.05) is 0 Å². The number of hydrogen-bond donors (Lipinski definition) is 4. The highest BCUT2D eigenvalue weighted by Crippen LogP contribution is 2.35.